The SMILES string of the molecule is CN1C(C(=O)Nc2ccc(F)c(Cl)c2)CC(c2ccc3scnc3c2)NS1(=O)=O. The van der Waals surface area contributed by atoms with Crippen molar-refractivity contribution in [1.82, 2.24) is 14.0 Å². The van der Waals surface area contributed by atoms with Crippen molar-refractivity contribution in [2.24, 2.45) is 0 Å². The fourth-order valence-corrected chi connectivity index (χ4v) is 5.33. The molecule has 2 heterocycles. The Bertz CT molecular complexity index is 1200. The molecule has 0 saturated carbocycles. The molecule has 11 heteroatoms. The van der Waals surface area contributed by atoms with Gasteiger partial charge in [0, 0.05) is 18.8 Å². The van der Waals surface area contributed by atoms with Crippen molar-refractivity contribution < 1.29 is 17.6 Å². The maximum atomic E-state index is 13.3. The van der Waals surface area contributed by atoms with Crippen LogP contribution in [0.4, 0.5) is 10.1 Å². The highest BCUT2D eigenvalue weighted by molar-refractivity contribution is 7.87. The van der Waals surface area contributed by atoms with E-state index in [9.17, 15) is 17.6 Å². The van der Waals surface area contributed by atoms with E-state index >= 15 is 0 Å². The average molecular weight is 455 g/mol. The van der Waals surface area contributed by atoms with Crippen LogP contribution in [0.3, 0.4) is 0 Å². The number of likely N-dealkylation sites (N-methyl/N-ethyl adjacent to an activating group) is 1. The number of hydrogen-bond acceptors (Lipinski definition) is 5. The number of fused-ring (bicyclic) bond motifs is 1. The second-order valence-corrected chi connectivity index (χ2v) is 9.70. The lowest BCUT2D eigenvalue weighted by Gasteiger charge is -2.36. The molecular formula is C18H16ClFN4O3S2. The molecule has 7 nitrogen and oxygen atoms in total. The number of aromatic nitrogens is 1. The smallest absolute Gasteiger partial charge is 0.280 e. The molecule has 0 aliphatic carbocycles. The Morgan fingerprint density at radius 1 is 1.34 bits per heavy atom. The van der Waals surface area contributed by atoms with Crippen molar-refractivity contribution in [2.45, 2.75) is 18.5 Å². The Balaban J connectivity index is 1.61. The molecular weight excluding hydrogens is 439 g/mol. The largest absolute Gasteiger partial charge is 0.325 e. The van der Waals surface area contributed by atoms with Gasteiger partial charge in [-0.25, -0.2) is 9.37 Å². The standard InChI is InChI=1S/C18H16ClFN4O3S2/c1-24-16(18(25)22-11-3-4-13(20)12(19)7-11)8-14(23-29(24,26)27)10-2-5-17-15(6-10)21-9-28-17/h2-7,9,14,16,23H,8H2,1H3,(H,22,25). The zero-order chi connectivity index (χ0) is 20.8. The van der Waals surface area contributed by atoms with Gasteiger partial charge in [-0.15, -0.1) is 11.3 Å². The molecule has 2 aromatic carbocycles. The van der Waals surface area contributed by atoms with Crippen LogP contribution in [-0.2, 0) is 15.0 Å². The number of nitrogens with zero attached hydrogens (tertiary/aromatic N) is 2. The third kappa shape index (κ3) is 3.99. The predicted molar refractivity (Wildman–Crippen MR) is 111 cm³/mol. The van der Waals surface area contributed by atoms with Gasteiger partial charge in [-0.3, -0.25) is 4.79 Å². The van der Waals surface area contributed by atoms with Crippen LogP contribution < -0.4 is 10.0 Å². The van der Waals surface area contributed by atoms with Gasteiger partial charge in [-0.2, -0.15) is 17.4 Å². The molecule has 1 aromatic heterocycles. The zero-order valence-electron chi connectivity index (χ0n) is 15.1. The van der Waals surface area contributed by atoms with Crippen LogP contribution in [-0.4, -0.2) is 36.7 Å². The number of thiazole rings is 1. The van der Waals surface area contributed by atoms with Gasteiger partial charge in [-0.05, 0) is 42.3 Å². The normalized spacial score (nSPS) is 21.9. The lowest BCUT2D eigenvalue weighted by Crippen LogP contribution is -2.55. The molecule has 3 aromatic rings. The quantitative estimate of drug-likeness (QED) is 0.635. The molecule has 1 fully saturated rings. The highest BCUT2D eigenvalue weighted by Crippen LogP contribution is 2.31. The number of benzene rings is 2. The van der Waals surface area contributed by atoms with Crippen molar-refractivity contribution in [3.8, 4) is 0 Å². The summed E-state index contributed by atoms with van der Waals surface area (Å²) in [6, 6.07) is 7.75. The first-order valence-electron chi connectivity index (χ1n) is 8.59. The maximum Gasteiger partial charge on any atom is 0.280 e. The lowest BCUT2D eigenvalue weighted by atomic mass is 9.99. The fraction of sp³-hybridized carbons (Fsp3) is 0.222. The number of rotatable bonds is 3. The van der Waals surface area contributed by atoms with E-state index in [4.69, 9.17) is 11.6 Å². The lowest BCUT2D eigenvalue weighted by molar-refractivity contribution is -0.120. The Kier molecular flexibility index (Phi) is 5.30. The van der Waals surface area contributed by atoms with Gasteiger partial charge < -0.3 is 5.32 Å². The van der Waals surface area contributed by atoms with Crippen molar-refractivity contribution in [3.05, 3.63) is 58.3 Å². The Morgan fingerprint density at radius 2 is 2.14 bits per heavy atom. The minimum Gasteiger partial charge on any atom is -0.325 e. The minimum atomic E-state index is -3.88. The van der Waals surface area contributed by atoms with Gasteiger partial charge in [0.05, 0.1) is 20.7 Å². The van der Waals surface area contributed by atoms with E-state index in [-0.39, 0.29) is 17.1 Å². The van der Waals surface area contributed by atoms with Gasteiger partial charge in [0.1, 0.15) is 11.9 Å². The topological polar surface area (TPSA) is 91.4 Å². The van der Waals surface area contributed by atoms with E-state index in [0.29, 0.717) is 0 Å². The molecule has 2 atom stereocenters. The van der Waals surface area contributed by atoms with E-state index < -0.39 is 34.0 Å². The number of carbonyl (C=O) groups excluding carboxylic acids is 1. The van der Waals surface area contributed by atoms with Crippen LogP contribution in [0, 0.1) is 5.82 Å². The van der Waals surface area contributed by atoms with E-state index in [0.717, 1.165) is 26.2 Å². The third-order valence-corrected chi connectivity index (χ3v) is 7.51. The first-order chi connectivity index (χ1) is 13.7. The van der Waals surface area contributed by atoms with Crippen LogP contribution in [0.5, 0.6) is 0 Å². The molecule has 4 rings (SSSR count). The summed E-state index contributed by atoms with van der Waals surface area (Å²) < 4.78 is 43.1. The predicted octanol–water partition coefficient (Wildman–Crippen LogP) is 3.31. The van der Waals surface area contributed by atoms with Gasteiger partial charge >= 0.3 is 0 Å². The van der Waals surface area contributed by atoms with Gasteiger partial charge in [-0.1, -0.05) is 17.7 Å². The summed E-state index contributed by atoms with van der Waals surface area (Å²) in [5.41, 5.74) is 3.50. The van der Waals surface area contributed by atoms with Crippen molar-refractivity contribution in [2.75, 3.05) is 12.4 Å². The van der Waals surface area contributed by atoms with Crippen LogP contribution in [0.1, 0.15) is 18.0 Å². The molecule has 0 radical (unpaired) electrons. The van der Waals surface area contributed by atoms with Crippen LogP contribution in [0.15, 0.2) is 41.9 Å². The average Bonchev–Trinajstić information content (AvgIpc) is 3.14. The second-order valence-electron chi connectivity index (χ2n) is 6.64. The van der Waals surface area contributed by atoms with E-state index in [1.54, 1.807) is 5.51 Å². The summed E-state index contributed by atoms with van der Waals surface area (Å²) in [5.74, 6) is -1.14. The van der Waals surface area contributed by atoms with Crippen molar-refractivity contribution >= 4 is 55.0 Å². The van der Waals surface area contributed by atoms with Gasteiger partial charge in [0.15, 0.2) is 0 Å². The highest BCUT2D eigenvalue weighted by Gasteiger charge is 2.40. The second kappa shape index (κ2) is 7.62. The summed E-state index contributed by atoms with van der Waals surface area (Å²) in [5, 5.41) is 2.48. The first kappa shape index (κ1) is 20.2. The number of hydrogen-bond donors (Lipinski definition) is 2. The summed E-state index contributed by atoms with van der Waals surface area (Å²) in [6.45, 7) is 0. The Labute approximate surface area is 175 Å². The van der Waals surface area contributed by atoms with Gasteiger partial charge in [0.25, 0.3) is 10.2 Å². The molecule has 2 N–H and O–H groups in total. The number of carbonyl (C=O) groups is 1. The Hall–Kier alpha value is -2.11. The van der Waals surface area contributed by atoms with Crippen LogP contribution in [0.25, 0.3) is 10.2 Å². The number of amides is 1. The molecule has 1 aliphatic heterocycles. The highest BCUT2D eigenvalue weighted by atomic mass is 35.5. The summed E-state index contributed by atoms with van der Waals surface area (Å²) in [7, 11) is -2.54. The molecule has 152 valence electrons. The molecule has 29 heavy (non-hydrogen) atoms. The molecule has 0 bridgehead atoms. The van der Waals surface area contributed by atoms with Crippen molar-refractivity contribution in [3.63, 3.8) is 0 Å². The number of halogens is 2. The van der Waals surface area contributed by atoms with Crippen LogP contribution in [0.2, 0.25) is 5.02 Å². The monoisotopic (exact) mass is 454 g/mol. The fourth-order valence-electron chi connectivity index (χ4n) is 3.22. The molecule has 2 unspecified atom stereocenters. The third-order valence-electron chi connectivity index (χ3n) is 4.81. The summed E-state index contributed by atoms with van der Waals surface area (Å²) in [6.07, 6.45) is 0.214. The molecule has 1 aliphatic rings. The van der Waals surface area contributed by atoms with Crippen LogP contribution >= 0.6 is 22.9 Å². The number of anilines is 1. The zero-order valence-corrected chi connectivity index (χ0v) is 17.5. The summed E-state index contributed by atoms with van der Waals surface area (Å²) in [4.78, 5) is 17.1. The Morgan fingerprint density at radius 3 is 2.90 bits per heavy atom. The minimum absolute atomic E-state index is 0.136. The molecule has 1 amide bonds. The van der Waals surface area contributed by atoms with Gasteiger partial charge in [0.2, 0.25) is 5.91 Å². The first-order valence-corrected chi connectivity index (χ1v) is 11.3. The van der Waals surface area contributed by atoms with Crippen molar-refractivity contribution in [1.29, 1.82) is 0 Å². The molecule has 0 spiro atoms. The van der Waals surface area contributed by atoms with E-state index in [2.05, 4.69) is 15.0 Å². The summed E-state index contributed by atoms with van der Waals surface area (Å²) >= 11 is 7.24. The van der Waals surface area contributed by atoms with E-state index in [1.807, 2.05) is 18.2 Å². The maximum absolute atomic E-state index is 13.3. The molecule has 1 saturated heterocycles. The van der Waals surface area contributed by atoms with E-state index in [1.165, 1.54) is 30.5 Å². The number of nitrogens with one attached hydrogen (secondary N) is 2.